The maximum atomic E-state index is 11.8. The van der Waals surface area contributed by atoms with Crippen LogP contribution < -0.4 is 5.32 Å². The van der Waals surface area contributed by atoms with Gasteiger partial charge in [-0.1, -0.05) is 5.92 Å². The molecule has 1 atom stereocenters. The van der Waals surface area contributed by atoms with Crippen LogP contribution >= 0.6 is 0 Å². The van der Waals surface area contributed by atoms with Gasteiger partial charge in [0.25, 0.3) is 0 Å². The highest BCUT2D eigenvalue weighted by Gasteiger charge is 2.34. The Hall–Kier alpha value is -1.01. The van der Waals surface area contributed by atoms with Crippen LogP contribution in [0.4, 0.5) is 0 Å². The first kappa shape index (κ1) is 9.54. The fourth-order valence-corrected chi connectivity index (χ4v) is 1.76. The molecule has 1 saturated carbocycles. The van der Waals surface area contributed by atoms with Gasteiger partial charge in [-0.2, -0.15) is 0 Å². The molecule has 0 bridgehead atoms. The summed E-state index contributed by atoms with van der Waals surface area (Å²) >= 11 is 0. The summed E-state index contributed by atoms with van der Waals surface area (Å²) < 4.78 is 0. The Morgan fingerprint density at radius 2 is 2.29 bits per heavy atom. The van der Waals surface area contributed by atoms with Gasteiger partial charge in [0.15, 0.2) is 0 Å². The van der Waals surface area contributed by atoms with E-state index in [1.54, 1.807) is 6.92 Å². The maximum absolute atomic E-state index is 11.8. The predicted molar refractivity (Wildman–Crippen MR) is 54.6 cm³/mol. The van der Waals surface area contributed by atoms with E-state index in [4.69, 9.17) is 0 Å². The molecule has 2 fully saturated rings. The number of likely N-dealkylation sites (tertiary alicyclic amines) is 1. The number of hydrogen-bond acceptors (Lipinski definition) is 2. The van der Waals surface area contributed by atoms with Crippen LogP contribution in [0, 0.1) is 11.8 Å². The smallest absolute Gasteiger partial charge is 0.240 e. The number of nitrogens with one attached hydrogen (secondary N) is 1. The molecule has 76 valence electrons. The lowest BCUT2D eigenvalue weighted by atomic mass is 10.2. The molecule has 0 radical (unpaired) electrons. The molecule has 1 saturated heterocycles. The minimum Gasteiger partial charge on any atom is -0.330 e. The summed E-state index contributed by atoms with van der Waals surface area (Å²) in [5.74, 6) is 5.99. The third kappa shape index (κ3) is 2.08. The zero-order valence-electron chi connectivity index (χ0n) is 8.55. The molecule has 0 aromatic rings. The number of carbonyl (C=O) groups excluding carboxylic acids is 1. The molecular formula is C11H16N2O. The Balaban J connectivity index is 1.84. The molecular weight excluding hydrogens is 176 g/mol. The van der Waals surface area contributed by atoms with Crippen molar-refractivity contribution in [2.75, 3.05) is 13.1 Å². The van der Waals surface area contributed by atoms with Crippen molar-refractivity contribution in [1.82, 2.24) is 10.2 Å². The van der Waals surface area contributed by atoms with Crippen LogP contribution in [0.2, 0.25) is 0 Å². The minimum atomic E-state index is 0.0705. The van der Waals surface area contributed by atoms with Gasteiger partial charge in [-0.25, -0.2) is 0 Å². The zero-order valence-corrected chi connectivity index (χ0v) is 8.55. The monoisotopic (exact) mass is 192 g/mol. The quantitative estimate of drug-likeness (QED) is 0.655. The highest BCUT2D eigenvalue weighted by molar-refractivity contribution is 5.84. The van der Waals surface area contributed by atoms with Crippen LogP contribution in [-0.2, 0) is 4.79 Å². The van der Waals surface area contributed by atoms with Crippen LogP contribution in [0.3, 0.4) is 0 Å². The van der Waals surface area contributed by atoms with Crippen molar-refractivity contribution in [3.63, 3.8) is 0 Å². The van der Waals surface area contributed by atoms with Crippen LogP contribution in [0.25, 0.3) is 0 Å². The van der Waals surface area contributed by atoms with Gasteiger partial charge < -0.3 is 10.2 Å². The van der Waals surface area contributed by atoms with Crippen molar-refractivity contribution in [1.29, 1.82) is 0 Å². The largest absolute Gasteiger partial charge is 0.330 e. The summed E-state index contributed by atoms with van der Waals surface area (Å²) in [6, 6.07) is 0.683. The molecule has 2 rings (SSSR count). The van der Waals surface area contributed by atoms with E-state index in [-0.39, 0.29) is 11.9 Å². The summed E-state index contributed by atoms with van der Waals surface area (Å²) in [5, 5.41) is 3.37. The highest BCUT2D eigenvalue weighted by atomic mass is 16.2. The number of rotatable bonds is 3. The summed E-state index contributed by atoms with van der Waals surface area (Å²) in [4.78, 5) is 13.6. The summed E-state index contributed by atoms with van der Waals surface area (Å²) in [5.41, 5.74) is 0. The van der Waals surface area contributed by atoms with E-state index in [9.17, 15) is 4.79 Å². The molecule has 1 N–H and O–H groups in total. The topological polar surface area (TPSA) is 32.3 Å². The zero-order chi connectivity index (χ0) is 9.97. The molecule has 0 aromatic carbocycles. The minimum absolute atomic E-state index is 0.0705. The molecule has 1 heterocycles. The molecule has 0 aromatic heterocycles. The van der Waals surface area contributed by atoms with Gasteiger partial charge in [0, 0.05) is 12.6 Å². The molecule has 1 aliphatic carbocycles. The molecule has 14 heavy (non-hydrogen) atoms. The van der Waals surface area contributed by atoms with Crippen LogP contribution in [-0.4, -0.2) is 36.0 Å². The van der Waals surface area contributed by atoms with Crippen molar-refractivity contribution < 1.29 is 4.79 Å². The number of amides is 1. The Labute approximate surface area is 84.8 Å². The van der Waals surface area contributed by atoms with E-state index < -0.39 is 0 Å². The standard InChI is InChI=1S/C11H16N2O/c1-2-3-7-13-8-6-10(11(13)14)12-9-4-5-9/h9-10,12H,4-8H2,1H3. The first-order valence-corrected chi connectivity index (χ1v) is 5.25. The second kappa shape index (κ2) is 4.02. The van der Waals surface area contributed by atoms with Crippen LogP contribution in [0.5, 0.6) is 0 Å². The van der Waals surface area contributed by atoms with Gasteiger partial charge in [0.05, 0.1) is 12.6 Å². The van der Waals surface area contributed by atoms with Crippen molar-refractivity contribution in [2.45, 2.75) is 38.3 Å². The Kier molecular flexibility index (Phi) is 2.74. The van der Waals surface area contributed by atoms with Crippen LogP contribution in [0.15, 0.2) is 0 Å². The van der Waals surface area contributed by atoms with Crippen molar-refractivity contribution in [3.8, 4) is 11.8 Å². The first-order chi connectivity index (χ1) is 6.81. The second-order valence-electron chi connectivity index (χ2n) is 3.97. The molecule has 3 nitrogen and oxygen atoms in total. The van der Waals surface area contributed by atoms with E-state index in [1.165, 1.54) is 12.8 Å². The fourth-order valence-electron chi connectivity index (χ4n) is 1.76. The van der Waals surface area contributed by atoms with E-state index in [1.807, 2.05) is 4.90 Å². The van der Waals surface area contributed by atoms with Crippen molar-refractivity contribution in [2.24, 2.45) is 0 Å². The maximum Gasteiger partial charge on any atom is 0.240 e. The summed E-state index contributed by atoms with van der Waals surface area (Å²) in [7, 11) is 0. The van der Waals surface area contributed by atoms with Gasteiger partial charge in [-0.3, -0.25) is 4.79 Å². The Morgan fingerprint density at radius 3 is 2.93 bits per heavy atom. The van der Waals surface area contributed by atoms with Gasteiger partial charge in [-0.15, -0.1) is 5.92 Å². The van der Waals surface area contributed by atoms with Gasteiger partial charge in [-0.05, 0) is 26.2 Å². The average molecular weight is 192 g/mol. The third-order valence-electron chi connectivity index (χ3n) is 2.76. The van der Waals surface area contributed by atoms with Crippen molar-refractivity contribution >= 4 is 5.91 Å². The third-order valence-corrected chi connectivity index (χ3v) is 2.76. The summed E-state index contributed by atoms with van der Waals surface area (Å²) in [6.45, 7) is 3.26. The number of carbonyl (C=O) groups is 1. The van der Waals surface area contributed by atoms with Gasteiger partial charge >= 0.3 is 0 Å². The SMILES string of the molecule is CC#CCN1CCC(NC2CC2)C1=O. The lowest BCUT2D eigenvalue weighted by Crippen LogP contribution is -2.39. The first-order valence-electron chi connectivity index (χ1n) is 5.25. The van der Waals surface area contributed by atoms with E-state index in [0.717, 1.165) is 13.0 Å². The summed E-state index contributed by atoms with van der Waals surface area (Å²) in [6.07, 6.45) is 3.41. The van der Waals surface area contributed by atoms with Crippen molar-refractivity contribution in [3.05, 3.63) is 0 Å². The fraction of sp³-hybridized carbons (Fsp3) is 0.727. The molecule has 3 heteroatoms. The molecule has 1 aliphatic heterocycles. The van der Waals surface area contributed by atoms with Gasteiger partial charge in [0.1, 0.15) is 0 Å². The molecule has 2 aliphatic rings. The number of hydrogen-bond donors (Lipinski definition) is 1. The lowest BCUT2D eigenvalue weighted by molar-refractivity contribution is -0.128. The molecule has 0 spiro atoms. The Bertz CT molecular complexity index is 285. The predicted octanol–water partition coefficient (Wildman–Crippen LogP) is 0.363. The molecule has 1 amide bonds. The number of nitrogens with zero attached hydrogens (tertiary/aromatic N) is 1. The second-order valence-corrected chi connectivity index (χ2v) is 3.97. The normalized spacial score (nSPS) is 26.2. The van der Waals surface area contributed by atoms with E-state index in [0.29, 0.717) is 12.6 Å². The van der Waals surface area contributed by atoms with E-state index in [2.05, 4.69) is 17.2 Å². The van der Waals surface area contributed by atoms with Crippen LogP contribution in [0.1, 0.15) is 26.2 Å². The highest BCUT2D eigenvalue weighted by Crippen LogP contribution is 2.22. The Morgan fingerprint density at radius 1 is 1.50 bits per heavy atom. The van der Waals surface area contributed by atoms with E-state index >= 15 is 0 Å². The lowest BCUT2D eigenvalue weighted by Gasteiger charge is -2.13. The van der Waals surface area contributed by atoms with Gasteiger partial charge in [0.2, 0.25) is 5.91 Å². The average Bonchev–Trinajstić information content (AvgIpc) is 2.93. The molecule has 1 unspecified atom stereocenters.